The number of terminal acetylenes is 1. The molecule has 3 atom stereocenters. The molecule has 0 radical (unpaired) electrons. The van der Waals surface area contributed by atoms with E-state index in [0.29, 0.717) is 18.1 Å². The van der Waals surface area contributed by atoms with Gasteiger partial charge in [0.2, 0.25) is 0 Å². The van der Waals surface area contributed by atoms with Gasteiger partial charge in [-0.25, -0.2) is 0 Å². The lowest BCUT2D eigenvalue weighted by Gasteiger charge is -2.42. The summed E-state index contributed by atoms with van der Waals surface area (Å²) in [5.41, 5.74) is 0. The molecule has 0 aromatic carbocycles. The minimum absolute atomic E-state index is 0.290. The molecule has 0 amide bonds. The van der Waals surface area contributed by atoms with Gasteiger partial charge in [0.1, 0.15) is 0 Å². The molecule has 2 fully saturated rings. The lowest BCUT2D eigenvalue weighted by Crippen LogP contribution is -2.59. The summed E-state index contributed by atoms with van der Waals surface area (Å²) in [5.74, 6) is 3.80. The highest BCUT2D eigenvalue weighted by atomic mass is 15.3. The molecule has 0 bridgehead atoms. The van der Waals surface area contributed by atoms with Gasteiger partial charge in [0.25, 0.3) is 0 Å². The van der Waals surface area contributed by atoms with Crippen LogP contribution >= 0.6 is 0 Å². The van der Waals surface area contributed by atoms with Crippen molar-refractivity contribution in [1.82, 2.24) is 10.2 Å². The van der Waals surface area contributed by atoms with Gasteiger partial charge in [0.15, 0.2) is 0 Å². The van der Waals surface area contributed by atoms with Crippen molar-refractivity contribution in [2.75, 3.05) is 13.1 Å². The van der Waals surface area contributed by atoms with Gasteiger partial charge >= 0.3 is 0 Å². The van der Waals surface area contributed by atoms with Crippen LogP contribution in [0.15, 0.2) is 0 Å². The third-order valence-electron chi connectivity index (χ3n) is 3.89. The summed E-state index contributed by atoms with van der Waals surface area (Å²) in [5, 5.41) is 3.68. The topological polar surface area (TPSA) is 15.3 Å². The molecular weight excluding hydrogens is 184 g/mol. The largest absolute Gasteiger partial charge is 0.311 e. The van der Waals surface area contributed by atoms with Crippen LogP contribution in [0, 0.1) is 18.3 Å². The quantitative estimate of drug-likeness (QED) is 0.704. The second-order valence-corrected chi connectivity index (χ2v) is 4.95. The molecule has 0 aromatic heterocycles. The SMILES string of the molecule is C#CC(C)N1CC(C2CC2)NCC1CC. The molecule has 1 saturated carbocycles. The molecule has 2 rings (SSSR count). The summed E-state index contributed by atoms with van der Waals surface area (Å²) in [6, 6.07) is 1.62. The molecule has 1 N–H and O–H groups in total. The van der Waals surface area contributed by atoms with Gasteiger partial charge in [-0.1, -0.05) is 12.8 Å². The molecule has 2 nitrogen and oxygen atoms in total. The van der Waals surface area contributed by atoms with E-state index >= 15 is 0 Å². The molecule has 2 aliphatic rings. The summed E-state index contributed by atoms with van der Waals surface area (Å²) in [6.45, 7) is 6.66. The molecule has 1 heterocycles. The number of piperazine rings is 1. The van der Waals surface area contributed by atoms with E-state index in [-0.39, 0.29) is 0 Å². The fraction of sp³-hybridized carbons (Fsp3) is 0.846. The van der Waals surface area contributed by atoms with Crippen molar-refractivity contribution in [1.29, 1.82) is 0 Å². The Balaban J connectivity index is 1.98. The summed E-state index contributed by atoms with van der Waals surface area (Å²) < 4.78 is 0. The fourth-order valence-electron chi connectivity index (χ4n) is 2.61. The van der Waals surface area contributed by atoms with Crippen LogP contribution in [0.5, 0.6) is 0 Å². The minimum atomic E-state index is 0.290. The second-order valence-electron chi connectivity index (χ2n) is 4.95. The van der Waals surface area contributed by atoms with Crippen LogP contribution in [0.4, 0.5) is 0 Å². The average molecular weight is 206 g/mol. The van der Waals surface area contributed by atoms with Crippen molar-refractivity contribution in [2.45, 2.75) is 51.2 Å². The maximum Gasteiger partial charge on any atom is 0.0686 e. The normalized spacial score (nSPS) is 34.7. The smallest absolute Gasteiger partial charge is 0.0686 e. The van der Waals surface area contributed by atoms with E-state index in [0.717, 1.165) is 19.0 Å². The van der Waals surface area contributed by atoms with Crippen LogP contribution in [-0.2, 0) is 0 Å². The maximum absolute atomic E-state index is 5.54. The Hall–Kier alpha value is -0.520. The molecule has 3 unspecified atom stereocenters. The van der Waals surface area contributed by atoms with Crippen LogP contribution < -0.4 is 5.32 Å². The van der Waals surface area contributed by atoms with Crippen LogP contribution in [0.25, 0.3) is 0 Å². The molecule has 2 heteroatoms. The van der Waals surface area contributed by atoms with Gasteiger partial charge in [0, 0.05) is 25.2 Å². The number of hydrogen-bond donors (Lipinski definition) is 1. The van der Waals surface area contributed by atoms with E-state index < -0.39 is 0 Å². The molecule has 0 aromatic rings. The number of nitrogens with one attached hydrogen (secondary N) is 1. The molecule has 15 heavy (non-hydrogen) atoms. The first-order valence-electron chi connectivity index (χ1n) is 6.21. The van der Waals surface area contributed by atoms with Gasteiger partial charge in [-0.2, -0.15) is 0 Å². The summed E-state index contributed by atoms with van der Waals surface area (Å²) in [4.78, 5) is 2.51. The van der Waals surface area contributed by atoms with E-state index in [4.69, 9.17) is 6.42 Å². The number of nitrogens with zero attached hydrogens (tertiary/aromatic N) is 1. The molecule has 1 aliphatic carbocycles. The van der Waals surface area contributed by atoms with Gasteiger partial charge in [-0.3, -0.25) is 4.90 Å². The zero-order valence-electron chi connectivity index (χ0n) is 9.87. The van der Waals surface area contributed by atoms with Crippen molar-refractivity contribution in [3.8, 4) is 12.3 Å². The van der Waals surface area contributed by atoms with Crippen LogP contribution in [-0.4, -0.2) is 36.1 Å². The van der Waals surface area contributed by atoms with E-state index in [9.17, 15) is 0 Å². The van der Waals surface area contributed by atoms with Crippen molar-refractivity contribution < 1.29 is 0 Å². The lowest BCUT2D eigenvalue weighted by molar-refractivity contribution is 0.102. The molecule has 1 saturated heterocycles. The third kappa shape index (κ3) is 2.35. The average Bonchev–Trinajstić information content (AvgIpc) is 3.11. The first kappa shape index (κ1) is 11.0. The lowest BCUT2D eigenvalue weighted by atomic mass is 10.0. The highest BCUT2D eigenvalue weighted by Gasteiger charge is 2.37. The number of rotatable bonds is 3. The first-order chi connectivity index (χ1) is 7.26. The van der Waals surface area contributed by atoms with E-state index in [2.05, 4.69) is 30.0 Å². The zero-order valence-corrected chi connectivity index (χ0v) is 9.87. The predicted molar refractivity (Wildman–Crippen MR) is 63.6 cm³/mol. The van der Waals surface area contributed by atoms with Gasteiger partial charge < -0.3 is 5.32 Å². The minimum Gasteiger partial charge on any atom is -0.311 e. The summed E-state index contributed by atoms with van der Waals surface area (Å²) in [7, 11) is 0. The van der Waals surface area contributed by atoms with Gasteiger partial charge in [-0.05, 0) is 32.1 Å². The highest BCUT2D eigenvalue weighted by molar-refractivity contribution is 5.03. The molecular formula is C13H22N2. The monoisotopic (exact) mass is 206 g/mol. The van der Waals surface area contributed by atoms with E-state index in [1.807, 2.05) is 0 Å². The van der Waals surface area contributed by atoms with Gasteiger partial charge in [0.05, 0.1) is 6.04 Å². The highest BCUT2D eigenvalue weighted by Crippen LogP contribution is 2.34. The Kier molecular flexibility index (Phi) is 3.33. The first-order valence-corrected chi connectivity index (χ1v) is 6.21. The predicted octanol–water partition coefficient (Wildman–Crippen LogP) is 1.47. The van der Waals surface area contributed by atoms with Gasteiger partial charge in [-0.15, -0.1) is 6.42 Å². The molecule has 1 aliphatic heterocycles. The van der Waals surface area contributed by atoms with Crippen molar-refractivity contribution in [3.05, 3.63) is 0 Å². The fourth-order valence-corrected chi connectivity index (χ4v) is 2.61. The van der Waals surface area contributed by atoms with Crippen molar-refractivity contribution in [3.63, 3.8) is 0 Å². The Morgan fingerprint density at radius 1 is 1.53 bits per heavy atom. The van der Waals surface area contributed by atoms with Crippen molar-refractivity contribution >= 4 is 0 Å². The Morgan fingerprint density at radius 3 is 2.80 bits per heavy atom. The van der Waals surface area contributed by atoms with Crippen LogP contribution in [0.2, 0.25) is 0 Å². The van der Waals surface area contributed by atoms with E-state index in [1.165, 1.54) is 19.3 Å². The van der Waals surface area contributed by atoms with Crippen LogP contribution in [0.1, 0.15) is 33.1 Å². The Bertz CT molecular complexity index is 252. The summed E-state index contributed by atoms with van der Waals surface area (Å²) >= 11 is 0. The summed E-state index contributed by atoms with van der Waals surface area (Å²) in [6.07, 6.45) is 9.55. The second kappa shape index (κ2) is 4.55. The number of hydrogen-bond acceptors (Lipinski definition) is 2. The Morgan fingerprint density at radius 2 is 2.27 bits per heavy atom. The molecule has 84 valence electrons. The third-order valence-corrected chi connectivity index (χ3v) is 3.89. The standard InChI is InChI=1S/C13H22N2/c1-4-10(3)15-9-13(11-6-7-11)14-8-12(15)5-2/h1,10-14H,5-9H2,2-3H3. The maximum atomic E-state index is 5.54. The molecule has 0 spiro atoms. The Labute approximate surface area is 93.4 Å². The van der Waals surface area contributed by atoms with Crippen LogP contribution in [0.3, 0.4) is 0 Å². The zero-order chi connectivity index (χ0) is 10.8. The van der Waals surface area contributed by atoms with Crippen molar-refractivity contribution in [2.24, 2.45) is 5.92 Å². The van der Waals surface area contributed by atoms with E-state index in [1.54, 1.807) is 0 Å².